The highest BCUT2D eigenvalue weighted by Gasteiger charge is 2.12. The molecule has 0 bridgehead atoms. The van der Waals surface area contributed by atoms with Crippen molar-refractivity contribution in [2.24, 2.45) is 5.92 Å². The Bertz CT molecular complexity index is 340. The summed E-state index contributed by atoms with van der Waals surface area (Å²) in [5, 5.41) is 11.9. The van der Waals surface area contributed by atoms with Crippen molar-refractivity contribution >= 4 is 5.91 Å². The van der Waals surface area contributed by atoms with Gasteiger partial charge in [-0.05, 0) is 12.5 Å². The van der Waals surface area contributed by atoms with Crippen molar-refractivity contribution in [1.82, 2.24) is 5.32 Å². The van der Waals surface area contributed by atoms with Crippen LogP contribution in [-0.4, -0.2) is 30.8 Å². The van der Waals surface area contributed by atoms with Gasteiger partial charge in [-0.15, -0.1) is 0 Å². The van der Waals surface area contributed by atoms with Crippen LogP contribution in [-0.2, 0) is 16.1 Å². The topological polar surface area (TPSA) is 58.6 Å². The summed E-state index contributed by atoms with van der Waals surface area (Å²) >= 11 is 0. The van der Waals surface area contributed by atoms with Gasteiger partial charge in [0.15, 0.2) is 0 Å². The largest absolute Gasteiger partial charge is 0.396 e. The lowest BCUT2D eigenvalue weighted by atomic mass is 10.1. The first kappa shape index (κ1) is 14.7. The number of benzene rings is 1. The van der Waals surface area contributed by atoms with Crippen molar-refractivity contribution in [3.8, 4) is 0 Å². The van der Waals surface area contributed by atoms with E-state index in [-0.39, 0.29) is 18.4 Å². The van der Waals surface area contributed by atoms with Gasteiger partial charge in [-0.25, -0.2) is 0 Å². The third kappa shape index (κ3) is 5.80. The van der Waals surface area contributed by atoms with E-state index in [2.05, 4.69) is 5.32 Å². The molecule has 0 heterocycles. The highest BCUT2D eigenvalue weighted by atomic mass is 16.5. The van der Waals surface area contributed by atoms with Crippen LogP contribution in [0.25, 0.3) is 0 Å². The number of amides is 1. The second-order valence-electron chi connectivity index (χ2n) is 4.21. The van der Waals surface area contributed by atoms with Crippen LogP contribution < -0.4 is 5.32 Å². The van der Waals surface area contributed by atoms with Crippen LogP contribution in [0.1, 0.15) is 18.9 Å². The van der Waals surface area contributed by atoms with Crippen molar-refractivity contribution in [3.05, 3.63) is 35.9 Å². The summed E-state index contributed by atoms with van der Waals surface area (Å²) in [7, 11) is 0. The number of aliphatic hydroxyl groups excluding tert-OH is 1. The number of carbonyl (C=O) groups is 1. The van der Waals surface area contributed by atoms with E-state index in [1.54, 1.807) is 0 Å². The van der Waals surface area contributed by atoms with Crippen LogP contribution in [0, 0.1) is 5.92 Å². The summed E-state index contributed by atoms with van der Waals surface area (Å²) in [5.41, 5.74) is 1.09. The van der Waals surface area contributed by atoms with Crippen molar-refractivity contribution < 1.29 is 14.6 Å². The summed E-state index contributed by atoms with van der Waals surface area (Å²) in [4.78, 5) is 11.4. The maximum atomic E-state index is 11.4. The van der Waals surface area contributed by atoms with Crippen molar-refractivity contribution in [2.45, 2.75) is 20.0 Å². The molecule has 1 aromatic carbocycles. The zero-order valence-electron chi connectivity index (χ0n) is 10.8. The van der Waals surface area contributed by atoms with Gasteiger partial charge in [-0.1, -0.05) is 30.3 Å². The fourth-order valence-corrected chi connectivity index (χ4v) is 1.63. The molecule has 1 amide bonds. The van der Waals surface area contributed by atoms with Crippen molar-refractivity contribution in [3.63, 3.8) is 0 Å². The molecule has 4 nitrogen and oxygen atoms in total. The first-order valence-electron chi connectivity index (χ1n) is 6.25. The summed E-state index contributed by atoms with van der Waals surface area (Å²) < 4.78 is 5.51. The first-order chi connectivity index (χ1) is 8.76. The molecule has 18 heavy (non-hydrogen) atoms. The van der Waals surface area contributed by atoms with Crippen molar-refractivity contribution in [2.75, 3.05) is 19.8 Å². The third-order valence-electron chi connectivity index (χ3n) is 2.57. The molecule has 0 spiro atoms. The van der Waals surface area contributed by atoms with E-state index < -0.39 is 0 Å². The lowest BCUT2D eigenvalue weighted by Gasteiger charge is -2.14. The van der Waals surface area contributed by atoms with E-state index >= 15 is 0 Å². The zero-order chi connectivity index (χ0) is 13.2. The van der Waals surface area contributed by atoms with E-state index in [9.17, 15) is 9.90 Å². The molecular weight excluding hydrogens is 230 g/mol. The van der Waals surface area contributed by atoms with E-state index in [0.717, 1.165) is 5.56 Å². The second-order valence-corrected chi connectivity index (χ2v) is 4.21. The Morgan fingerprint density at radius 3 is 2.72 bits per heavy atom. The van der Waals surface area contributed by atoms with Crippen LogP contribution in [0.2, 0.25) is 0 Å². The summed E-state index contributed by atoms with van der Waals surface area (Å²) in [6.07, 6.45) is 0.305. The van der Waals surface area contributed by atoms with Gasteiger partial charge in [0.05, 0.1) is 13.2 Å². The summed E-state index contributed by atoms with van der Waals surface area (Å²) in [5.74, 6) is -0.180. The molecule has 4 heteroatoms. The van der Waals surface area contributed by atoms with Gasteiger partial charge in [0.25, 0.3) is 0 Å². The molecular formula is C14H21NO3. The lowest BCUT2D eigenvalue weighted by molar-refractivity contribution is -0.122. The monoisotopic (exact) mass is 251 g/mol. The molecule has 2 N–H and O–H groups in total. The number of hydrogen-bond donors (Lipinski definition) is 2. The predicted octanol–water partition coefficient (Wildman–Crippen LogP) is 1.34. The molecule has 0 saturated carbocycles. The van der Waals surface area contributed by atoms with Crippen LogP contribution in [0.3, 0.4) is 0 Å². The smallest absolute Gasteiger partial charge is 0.220 e. The van der Waals surface area contributed by atoms with Gasteiger partial charge in [0.2, 0.25) is 5.91 Å². The Kier molecular flexibility index (Phi) is 7.06. The highest BCUT2D eigenvalue weighted by molar-refractivity contribution is 5.76. The maximum Gasteiger partial charge on any atom is 0.220 e. The molecule has 0 aromatic heterocycles. The second kappa shape index (κ2) is 8.66. The molecule has 0 radical (unpaired) electrons. The fourth-order valence-electron chi connectivity index (χ4n) is 1.63. The van der Waals surface area contributed by atoms with Crippen LogP contribution in [0.15, 0.2) is 30.3 Å². The van der Waals surface area contributed by atoms with Crippen LogP contribution in [0.5, 0.6) is 0 Å². The molecule has 0 aliphatic carbocycles. The van der Waals surface area contributed by atoms with Crippen LogP contribution >= 0.6 is 0 Å². The van der Waals surface area contributed by atoms with Gasteiger partial charge < -0.3 is 15.2 Å². The average Bonchev–Trinajstić information content (AvgIpc) is 2.39. The minimum absolute atomic E-state index is 0.0358. The fraction of sp³-hybridized carbons (Fsp3) is 0.500. The van der Waals surface area contributed by atoms with Gasteiger partial charge in [0.1, 0.15) is 0 Å². The summed E-state index contributed by atoms with van der Waals surface area (Å²) in [6.45, 7) is 3.35. The third-order valence-corrected chi connectivity index (χ3v) is 2.57. The quantitative estimate of drug-likeness (QED) is 0.733. The van der Waals surface area contributed by atoms with E-state index in [0.29, 0.717) is 26.2 Å². The Morgan fingerprint density at radius 2 is 2.11 bits per heavy atom. The lowest BCUT2D eigenvalue weighted by Crippen LogP contribution is -2.28. The minimum Gasteiger partial charge on any atom is -0.396 e. The number of rotatable bonds is 8. The number of ether oxygens (including phenoxy) is 1. The summed E-state index contributed by atoms with van der Waals surface area (Å²) in [6, 6.07) is 9.83. The highest BCUT2D eigenvalue weighted by Crippen LogP contribution is 2.06. The average molecular weight is 251 g/mol. The number of carbonyl (C=O) groups excluding carboxylic acids is 1. The molecule has 1 atom stereocenters. The molecule has 1 rings (SSSR count). The van der Waals surface area contributed by atoms with E-state index in [4.69, 9.17) is 4.74 Å². The van der Waals surface area contributed by atoms with Gasteiger partial charge in [0, 0.05) is 25.5 Å². The SMILES string of the molecule is CCNC(=O)C[C@@H](CO)COCc1ccccc1. The molecule has 100 valence electrons. The first-order valence-corrected chi connectivity index (χ1v) is 6.25. The standard InChI is InChI=1S/C14H21NO3/c1-2-15-14(17)8-13(9-16)11-18-10-12-6-4-3-5-7-12/h3-7,13,16H,2,8-11H2,1H3,(H,15,17)/t13-/m0/s1. The van der Waals surface area contributed by atoms with Gasteiger partial charge in [-0.2, -0.15) is 0 Å². The molecule has 0 unspecified atom stereocenters. The van der Waals surface area contributed by atoms with E-state index in [1.807, 2.05) is 37.3 Å². The number of hydrogen-bond acceptors (Lipinski definition) is 3. The van der Waals surface area contributed by atoms with Gasteiger partial charge in [-0.3, -0.25) is 4.79 Å². The maximum absolute atomic E-state index is 11.4. The molecule has 0 fully saturated rings. The van der Waals surface area contributed by atoms with Gasteiger partial charge >= 0.3 is 0 Å². The van der Waals surface area contributed by atoms with Crippen molar-refractivity contribution in [1.29, 1.82) is 0 Å². The normalized spacial score (nSPS) is 12.1. The zero-order valence-corrected chi connectivity index (χ0v) is 10.8. The molecule has 1 aromatic rings. The Balaban J connectivity index is 2.25. The van der Waals surface area contributed by atoms with Crippen LogP contribution in [0.4, 0.5) is 0 Å². The minimum atomic E-state index is -0.139. The molecule has 0 saturated heterocycles. The molecule has 0 aliphatic heterocycles. The molecule has 0 aliphatic rings. The Morgan fingerprint density at radius 1 is 1.39 bits per heavy atom. The Hall–Kier alpha value is -1.39. The van der Waals surface area contributed by atoms with E-state index in [1.165, 1.54) is 0 Å². The number of nitrogens with one attached hydrogen (secondary N) is 1. The number of aliphatic hydroxyl groups is 1. The predicted molar refractivity (Wildman–Crippen MR) is 70.0 cm³/mol. The Labute approximate surface area is 108 Å².